The zero-order valence-corrected chi connectivity index (χ0v) is 21.7. The molecule has 1 amide bonds. The van der Waals surface area contributed by atoms with Crippen molar-refractivity contribution in [2.24, 2.45) is 7.05 Å². The van der Waals surface area contributed by atoms with E-state index in [2.05, 4.69) is 20.4 Å². The van der Waals surface area contributed by atoms with Gasteiger partial charge in [-0.2, -0.15) is 5.10 Å². The lowest BCUT2D eigenvalue weighted by atomic mass is 10.2. The van der Waals surface area contributed by atoms with Crippen molar-refractivity contribution < 1.29 is 18.3 Å². The number of fused-ring (bicyclic) bond motifs is 1. The molecule has 12 heteroatoms. The molecule has 4 aromatic heterocycles. The van der Waals surface area contributed by atoms with Gasteiger partial charge in [0.05, 0.1) is 29.5 Å². The number of hydrogen-bond donors (Lipinski definition) is 1. The van der Waals surface area contributed by atoms with Crippen LogP contribution < -0.4 is 15.6 Å². The number of nitrogens with one attached hydrogen (secondary N) is 1. The van der Waals surface area contributed by atoms with Crippen LogP contribution in [0.1, 0.15) is 16.1 Å². The molecule has 0 aliphatic rings. The van der Waals surface area contributed by atoms with Crippen LogP contribution in [0.2, 0.25) is 0 Å². The van der Waals surface area contributed by atoms with Crippen molar-refractivity contribution in [2.75, 3.05) is 5.32 Å². The molecule has 4 heterocycles. The molecule has 6 aromatic rings. The van der Waals surface area contributed by atoms with Gasteiger partial charge in [-0.25, -0.2) is 18.0 Å². The summed E-state index contributed by atoms with van der Waals surface area (Å²) in [5.41, 5.74) is 2.05. The van der Waals surface area contributed by atoms with E-state index < -0.39 is 23.1 Å². The van der Waals surface area contributed by atoms with Crippen LogP contribution in [-0.4, -0.2) is 34.9 Å². The molecule has 0 saturated heterocycles. The molecule has 0 bridgehead atoms. The number of anilines is 1. The van der Waals surface area contributed by atoms with Gasteiger partial charge in [0.15, 0.2) is 17.3 Å². The SMILES string of the molecule is Cc1c(C(=O)Nc2ccc(Oc3ccnn4ccc(-c5cnccn5)c34)c(F)c2)c(=O)n(-c2ccc(F)cc2)n1C. The average Bonchev–Trinajstić information content (AvgIpc) is 3.50. The number of nitrogens with zero attached hydrogens (tertiary/aromatic N) is 6. The number of halogens is 2. The highest BCUT2D eigenvalue weighted by molar-refractivity contribution is 6.05. The van der Waals surface area contributed by atoms with Crippen molar-refractivity contribution in [3.05, 3.63) is 119 Å². The molecule has 0 aliphatic carbocycles. The molecular weight excluding hydrogens is 532 g/mol. The van der Waals surface area contributed by atoms with Crippen molar-refractivity contribution in [1.29, 1.82) is 0 Å². The Morgan fingerprint density at radius 1 is 0.976 bits per heavy atom. The predicted molar refractivity (Wildman–Crippen MR) is 146 cm³/mol. The summed E-state index contributed by atoms with van der Waals surface area (Å²) in [6.45, 7) is 1.61. The first-order valence-corrected chi connectivity index (χ1v) is 12.4. The largest absolute Gasteiger partial charge is 0.452 e. The summed E-state index contributed by atoms with van der Waals surface area (Å²) in [4.78, 5) is 34.7. The average molecular weight is 554 g/mol. The van der Waals surface area contributed by atoms with Gasteiger partial charge in [0.1, 0.15) is 16.9 Å². The third kappa shape index (κ3) is 4.61. The Hall–Kier alpha value is -5.65. The summed E-state index contributed by atoms with van der Waals surface area (Å²) < 4.78 is 38.8. The van der Waals surface area contributed by atoms with Crippen LogP contribution in [-0.2, 0) is 7.05 Å². The Balaban J connectivity index is 1.27. The molecule has 10 nitrogen and oxygen atoms in total. The first-order chi connectivity index (χ1) is 19.8. The van der Waals surface area contributed by atoms with Crippen LogP contribution >= 0.6 is 0 Å². The normalized spacial score (nSPS) is 11.1. The molecule has 204 valence electrons. The highest BCUT2D eigenvalue weighted by atomic mass is 19.1. The quantitative estimate of drug-likeness (QED) is 0.314. The molecular formula is C29H21F2N7O3. The Kier molecular flexibility index (Phi) is 6.34. The summed E-state index contributed by atoms with van der Waals surface area (Å²) in [5.74, 6) is -1.65. The zero-order chi connectivity index (χ0) is 28.7. The molecule has 0 unspecified atom stereocenters. The van der Waals surface area contributed by atoms with Crippen LogP contribution in [0.25, 0.3) is 22.5 Å². The fourth-order valence-electron chi connectivity index (χ4n) is 4.56. The van der Waals surface area contributed by atoms with E-state index in [0.717, 1.165) is 6.07 Å². The van der Waals surface area contributed by atoms with Crippen molar-refractivity contribution in [3.63, 3.8) is 0 Å². The summed E-state index contributed by atoms with van der Waals surface area (Å²) in [6.07, 6.45) is 7.99. The van der Waals surface area contributed by atoms with Gasteiger partial charge in [0.25, 0.3) is 11.5 Å². The van der Waals surface area contributed by atoms with Gasteiger partial charge in [-0.1, -0.05) is 0 Å². The molecule has 0 aliphatic heterocycles. The van der Waals surface area contributed by atoms with Crippen molar-refractivity contribution >= 4 is 17.1 Å². The number of benzene rings is 2. The van der Waals surface area contributed by atoms with Crippen LogP contribution in [0.5, 0.6) is 11.5 Å². The van der Waals surface area contributed by atoms with E-state index in [0.29, 0.717) is 33.9 Å². The van der Waals surface area contributed by atoms with E-state index in [-0.39, 0.29) is 17.0 Å². The van der Waals surface area contributed by atoms with Gasteiger partial charge >= 0.3 is 0 Å². The predicted octanol–water partition coefficient (Wildman–Crippen LogP) is 4.91. The lowest BCUT2D eigenvalue weighted by molar-refractivity contribution is 0.102. The van der Waals surface area contributed by atoms with E-state index in [4.69, 9.17) is 4.74 Å². The van der Waals surface area contributed by atoms with Gasteiger partial charge < -0.3 is 10.1 Å². The second kappa shape index (κ2) is 10.2. The minimum absolute atomic E-state index is 0.0862. The van der Waals surface area contributed by atoms with E-state index in [9.17, 15) is 14.0 Å². The summed E-state index contributed by atoms with van der Waals surface area (Å²) >= 11 is 0. The maximum absolute atomic E-state index is 15.2. The minimum atomic E-state index is -0.737. The van der Waals surface area contributed by atoms with E-state index in [1.807, 2.05) is 6.07 Å². The first kappa shape index (κ1) is 25.6. The van der Waals surface area contributed by atoms with Crippen molar-refractivity contribution in [3.8, 4) is 28.4 Å². The van der Waals surface area contributed by atoms with E-state index in [1.165, 1.54) is 52.0 Å². The molecule has 0 fully saturated rings. The Bertz CT molecular complexity index is 1980. The monoisotopic (exact) mass is 553 g/mol. The minimum Gasteiger partial charge on any atom is -0.452 e. The van der Waals surface area contributed by atoms with Gasteiger partial charge in [0.2, 0.25) is 0 Å². The first-order valence-electron chi connectivity index (χ1n) is 12.4. The van der Waals surface area contributed by atoms with Gasteiger partial charge in [-0.05, 0) is 49.4 Å². The Morgan fingerprint density at radius 3 is 2.51 bits per heavy atom. The third-order valence-electron chi connectivity index (χ3n) is 6.62. The zero-order valence-electron chi connectivity index (χ0n) is 21.7. The van der Waals surface area contributed by atoms with E-state index in [1.54, 1.807) is 49.3 Å². The Morgan fingerprint density at radius 2 is 1.78 bits per heavy atom. The fourth-order valence-corrected chi connectivity index (χ4v) is 4.56. The lowest BCUT2D eigenvalue weighted by Crippen LogP contribution is -2.25. The fraction of sp³-hybridized carbons (Fsp3) is 0.0690. The number of carbonyl (C=O) groups is 1. The number of rotatable bonds is 6. The highest BCUT2D eigenvalue weighted by Crippen LogP contribution is 2.34. The summed E-state index contributed by atoms with van der Waals surface area (Å²) in [7, 11) is 1.61. The van der Waals surface area contributed by atoms with Crippen LogP contribution in [0.4, 0.5) is 14.5 Å². The second-order valence-corrected chi connectivity index (χ2v) is 9.09. The third-order valence-corrected chi connectivity index (χ3v) is 6.62. The van der Waals surface area contributed by atoms with E-state index >= 15 is 4.39 Å². The molecule has 41 heavy (non-hydrogen) atoms. The maximum Gasteiger partial charge on any atom is 0.284 e. The maximum atomic E-state index is 15.2. The molecule has 6 rings (SSSR count). The number of ether oxygens (including phenoxy) is 1. The number of aromatic nitrogens is 6. The standard InChI is InChI=1S/C29H21F2N7O3/c1-17-26(29(40)38(36(17)2)20-6-3-18(30)4-7-20)28(39)35-19-5-8-24(22(31)15-19)41-25-9-11-34-37-14-10-21(27(25)37)23-16-32-12-13-33-23/h3-16H,1-2H3,(H,35,39). The molecule has 0 saturated carbocycles. The summed E-state index contributed by atoms with van der Waals surface area (Å²) in [6, 6.07) is 12.7. The Labute approximate surface area is 231 Å². The molecule has 0 spiro atoms. The number of hydrogen-bond acceptors (Lipinski definition) is 6. The van der Waals surface area contributed by atoms with Crippen LogP contribution in [0, 0.1) is 18.6 Å². The van der Waals surface area contributed by atoms with Crippen molar-refractivity contribution in [2.45, 2.75) is 6.92 Å². The van der Waals surface area contributed by atoms with Gasteiger partial charge in [-0.15, -0.1) is 0 Å². The van der Waals surface area contributed by atoms with Gasteiger partial charge in [0, 0.05) is 49.0 Å². The smallest absolute Gasteiger partial charge is 0.284 e. The lowest BCUT2D eigenvalue weighted by Gasteiger charge is -2.11. The molecule has 0 radical (unpaired) electrons. The molecule has 1 N–H and O–H groups in total. The summed E-state index contributed by atoms with van der Waals surface area (Å²) in [5, 5.41) is 6.85. The number of carbonyl (C=O) groups excluding carboxylic acids is 1. The van der Waals surface area contributed by atoms with Crippen molar-refractivity contribution in [1.82, 2.24) is 28.9 Å². The second-order valence-electron chi connectivity index (χ2n) is 9.09. The van der Waals surface area contributed by atoms with Gasteiger partial charge in [-0.3, -0.25) is 24.2 Å². The highest BCUT2D eigenvalue weighted by Gasteiger charge is 2.23. The molecule has 0 atom stereocenters. The molecule has 2 aromatic carbocycles. The topological polar surface area (TPSA) is 108 Å². The van der Waals surface area contributed by atoms with Crippen LogP contribution in [0.3, 0.4) is 0 Å². The van der Waals surface area contributed by atoms with Crippen LogP contribution in [0.15, 0.2) is 90.4 Å². The number of amides is 1.